The molecule has 3 aromatic carbocycles. The van der Waals surface area contributed by atoms with Crippen LogP contribution in [-0.2, 0) is 9.59 Å². The molecule has 0 atom stereocenters. The van der Waals surface area contributed by atoms with E-state index in [1.54, 1.807) is 11.1 Å². The summed E-state index contributed by atoms with van der Waals surface area (Å²) in [5, 5.41) is 3.38. The molecule has 0 saturated carbocycles. The van der Waals surface area contributed by atoms with Gasteiger partial charge in [0.15, 0.2) is 5.17 Å². The molecule has 0 N–H and O–H groups in total. The van der Waals surface area contributed by atoms with E-state index < -0.39 is 0 Å². The summed E-state index contributed by atoms with van der Waals surface area (Å²) in [6.45, 7) is 3.86. The Labute approximate surface area is 199 Å². The van der Waals surface area contributed by atoms with Crippen LogP contribution in [0.15, 0.2) is 82.8 Å². The fourth-order valence-corrected chi connectivity index (χ4v) is 5.61. The Balaban J connectivity index is 1.52. The lowest BCUT2D eigenvalue weighted by atomic mass is 10.1. The van der Waals surface area contributed by atoms with Crippen molar-refractivity contribution in [1.82, 2.24) is 9.88 Å². The number of aromatic nitrogens is 1. The summed E-state index contributed by atoms with van der Waals surface area (Å²) in [6, 6.07) is 21.5. The maximum absolute atomic E-state index is 13.1. The van der Waals surface area contributed by atoms with Crippen molar-refractivity contribution in [2.75, 3.05) is 11.4 Å². The van der Waals surface area contributed by atoms with E-state index in [-0.39, 0.29) is 11.8 Å². The first kappa shape index (κ1) is 21.4. The lowest BCUT2D eigenvalue weighted by Gasteiger charge is -2.17. The lowest BCUT2D eigenvalue weighted by Crippen LogP contribution is -2.29. The highest BCUT2D eigenvalue weighted by Gasteiger charge is 2.33. The smallest absolute Gasteiger partial charge is 0.268 e. The van der Waals surface area contributed by atoms with Crippen LogP contribution < -0.4 is 4.90 Å². The number of carbonyl (C=O) groups excluding carboxylic acids is 2. The number of carbonyl (C=O) groups is 2. The Kier molecular flexibility index (Phi) is 5.70. The molecule has 0 radical (unpaired) electrons. The maximum Gasteiger partial charge on any atom is 0.268 e. The average molecular weight is 473 g/mol. The van der Waals surface area contributed by atoms with Gasteiger partial charge in [-0.1, -0.05) is 59.9 Å². The fraction of sp³-hybridized carbons (Fsp3) is 0.120. The van der Waals surface area contributed by atoms with Gasteiger partial charge in [-0.15, -0.1) is 0 Å². The van der Waals surface area contributed by atoms with E-state index in [9.17, 15) is 9.59 Å². The number of hydrogen-bond donors (Lipinski definition) is 0. The van der Waals surface area contributed by atoms with Crippen LogP contribution in [0.2, 0.25) is 0 Å². The van der Waals surface area contributed by atoms with Gasteiger partial charge in [0.2, 0.25) is 11.0 Å². The standard InChI is InChI=1S/C25H20N4O2S2/c1-3-28-23(31)21(15-29(16(2)30)18-10-5-4-6-11-18)33-25(28)27-24-26-22-19-12-8-7-9-17(19)13-14-20(22)32-24/h4-15H,3H2,1-2H3. The second-order valence-corrected chi connectivity index (χ2v) is 9.41. The van der Waals surface area contributed by atoms with Crippen LogP contribution in [0.25, 0.3) is 21.0 Å². The van der Waals surface area contributed by atoms with Crippen molar-refractivity contribution in [3.63, 3.8) is 0 Å². The highest BCUT2D eigenvalue weighted by molar-refractivity contribution is 8.18. The molecule has 0 unspecified atom stereocenters. The van der Waals surface area contributed by atoms with E-state index in [2.05, 4.69) is 24.3 Å². The van der Waals surface area contributed by atoms with Crippen LogP contribution in [0.4, 0.5) is 10.8 Å². The Bertz CT molecular complexity index is 1440. The number of aliphatic imine (C=N–C) groups is 1. The van der Waals surface area contributed by atoms with Gasteiger partial charge in [0, 0.05) is 30.7 Å². The lowest BCUT2D eigenvalue weighted by molar-refractivity contribution is -0.122. The predicted molar refractivity (Wildman–Crippen MR) is 137 cm³/mol. The molecule has 1 aliphatic rings. The van der Waals surface area contributed by atoms with Crippen molar-refractivity contribution >= 4 is 71.9 Å². The number of benzene rings is 3. The molecule has 5 rings (SSSR count). The maximum atomic E-state index is 13.1. The van der Waals surface area contributed by atoms with Crippen molar-refractivity contribution in [3.05, 3.63) is 77.8 Å². The molecule has 1 aromatic heterocycles. The third kappa shape index (κ3) is 4.03. The number of fused-ring (bicyclic) bond motifs is 3. The molecule has 2 amide bonds. The molecule has 0 spiro atoms. The number of likely N-dealkylation sites (N-methyl/N-ethyl adjacent to an activating group) is 1. The number of anilines is 1. The molecule has 0 bridgehead atoms. The van der Waals surface area contributed by atoms with Gasteiger partial charge in [0.25, 0.3) is 5.91 Å². The molecule has 1 fully saturated rings. The largest absolute Gasteiger partial charge is 0.287 e. The highest BCUT2D eigenvalue weighted by atomic mass is 32.2. The van der Waals surface area contributed by atoms with Gasteiger partial charge in [0.05, 0.1) is 15.1 Å². The number of thioether (sulfide) groups is 1. The van der Waals surface area contributed by atoms with E-state index in [0.29, 0.717) is 27.4 Å². The quantitative estimate of drug-likeness (QED) is 0.346. The molecule has 6 nitrogen and oxygen atoms in total. The van der Waals surface area contributed by atoms with Gasteiger partial charge in [0.1, 0.15) is 0 Å². The summed E-state index contributed by atoms with van der Waals surface area (Å²) in [5.41, 5.74) is 1.62. The van der Waals surface area contributed by atoms with Gasteiger partial charge in [-0.05, 0) is 42.3 Å². The molecule has 0 aliphatic carbocycles. The second-order valence-electron chi connectivity index (χ2n) is 7.39. The third-order valence-electron chi connectivity index (χ3n) is 5.29. The minimum absolute atomic E-state index is 0.171. The predicted octanol–water partition coefficient (Wildman–Crippen LogP) is 5.93. The second kappa shape index (κ2) is 8.80. The van der Waals surface area contributed by atoms with E-state index in [0.717, 1.165) is 21.0 Å². The molecular formula is C25H20N4O2S2. The zero-order chi connectivity index (χ0) is 22.9. The van der Waals surface area contributed by atoms with Crippen LogP contribution in [0, 0.1) is 0 Å². The van der Waals surface area contributed by atoms with E-state index in [1.165, 1.54) is 34.9 Å². The van der Waals surface area contributed by atoms with E-state index in [1.807, 2.05) is 49.4 Å². The third-order valence-corrected chi connectivity index (χ3v) is 7.20. The number of rotatable bonds is 4. The minimum Gasteiger partial charge on any atom is -0.287 e. The normalized spacial score (nSPS) is 16.4. The van der Waals surface area contributed by atoms with Crippen molar-refractivity contribution in [2.45, 2.75) is 13.8 Å². The Morgan fingerprint density at radius 2 is 1.85 bits per heavy atom. The number of amidine groups is 1. The summed E-state index contributed by atoms with van der Waals surface area (Å²) in [4.78, 5) is 38.4. The Hall–Kier alpha value is -3.49. The van der Waals surface area contributed by atoms with Gasteiger partial charge < -0.3 is 0 Å². The minimum atomic E-state index is -0.173. The Morgan fingerprint density at radius 1 is 1.09 bits per heavy atom. The van der Waals surface area contributed by atoms with Crippen LogP contribution >= 0.6 is 23.1 Å². The first-order valence-electron chi connectivity index (χ1n) is 10.5. The highest BCUT2D eigenvalue weighted by Crippen LogP contribution is 2.37. The van der Waals surface area contributed by atoms with Crippen molar-refractivity contribution in [1.29, 1.82) is 0 Å². The summed E-state index contributed by atoms with van der Waals surface area (Å²) < 4.78 is 1.05. The summed E-state index contributed by atoms with van der Waals surface area (Å²) in [7, 11) is 0. The average Bonchev–Trinajstić information content (AvgIpc) is 3.38. The van der Waals surface area contributed by atoms with E-state index >= 15 is 0 Å². The summed E-state index contributed by atoms with van der Waals surface area (Å²) in [6.07, 6.45) is 1.60. The fourth-order valence-electron chi connectivity index (χ4n) is 3.69. The molecule has 8 heteroatoms. The zero-order valence-corrected chi connectivity index (χ0v) is 19.7. The summed E-state index contributed by atoms with van der Waals surface area (Å²) >= 11 is 2.76. The van der Waals surface area contributed by atoms with Gasteiger partial charge in [-0.2, -0.15) is 4.99 Å². The first-order chi connectivity index (χ1) is 16.0. The topological polar surface area (TPSA) is 65.9 Å². The van der Waals surface area contributed by atoms with Crippen LogP contribution in [0.3, 0.4) is 0 Å². The molecule has 164 valence electrons. The molecule has 2 heterocycles. The zero-order valence-electron chi connectivity index (χ0n) is 18.1. The number of hydrogen-bond acceptors (Lipinski definition) is 6. The van der Waals surface area contributed by atoms with Gasteiger partial charge in [-0.3, -0.25) is 19.4 Å². The SMILES string of the molecule is CCN1C(=O)C(=CN(C(C)=O)c2ccccc2)SC1=Nc1nc2c(ccc3ccccc32)s1. The van der Waals surface area contributed by atoms with Crippen LogP contribution in [-0.4, -0.2) is 33.4 Å². The van der Waals surface area contributed by atoms with Crippen LogP contribution in [0.5, 0.6) is 0 Å². The number of para-hydroxylation sites is 1. The monoisotopic (exact) mass is 472 g/mol. The molecular weight excluding hydrogens is 452 g/mol. The Morgan fingerprint density at radius 3 is 2.61 bits per heavy atom. The van der Waals surface area contributed by atoms with Crippen molar-refractivity contribution < 1.29 is 9.59 Å². The first-order valence-corrected chi connectivity index (χ1v) is 12.1. The van der Waals surface area contributed by atoms with Crippen LogP contribution in [0.1, 0.15) is 13.8 Å². The molecule has 1 aliphatic heterocycles. The van der Waals surface area contributed by atoms with Gasteiger partial charge in [-0.25, -0.2) is 4.98 Å². The number of thiazole rings is 1. The molecule has 33 heavy (non-hydrogen) atoms. The van der Waals surface area contributed by atoms with Crippen molar-refractivity contribution in [3.8, 4) is 0 Å². The van der Waals surface area contributed by atoms with Crippen molar-refractivity contribution in [2.24, 2.45) is 4.99 Å². The molecule has 1 saturated heterocycles. The molecule has 4 aromatic rings. The number of nitrogens with zero attached hydrogens (tertiary/aromatic N) is 4. The van der Waals surface area contributed by atoms with Gasteiger partial charge >= 0.3 is 0 Å². The van der Waals surface area contributed by atoms with E-state index in [4.69, 9.17) is 9.98 Å². The number of amides is 2. The summed E-state index contributed by atoms with van der Waals surface area (Å²) in [5.74, 6) is -0.344.